The van der Waals surface area contributed by atoms with E-state index in [9.17, 15) is 9.90 Å². The van der Waals surface area contributed by atoms with Gasteiger partial charge in [0.05, 0.1) is 0 Å². The third-order valence-electron chi connectivity index (χ3n) is 5.08. The third kappa shape index (κ3) is 3.48. The van der Waals surface area contributed by atoms with Gasteiger partial charge >= 0.3 is 5.97 Å². The fraction of sp³-hybridized carbons (Fsp3) is 0.933. The minimum absolute atomic E-state index is 0.365. The van der Waals surface area contributed by atoms with Crippen molar-refractivity contribution in [3.05, 3.63) is 0 Å². The lowest BCUT2D eigenvalue weighted by atomic mass is 9.79. The molecule has 0 bridgehead atoms. The summed E-state index contributed by atoms with van der Waals surface area (Å²) in [4.78, 5) is 13.8. The van der Waals surface area contributed by atoms with Gasteiger partial charge in [-0.25, -0.2) is 0 Å². The first-order chi connectivity index (χ1) is 8.82. The first-order valence-corrected chi connectivity index (χ1v) is 7.59. The normalized spacial score (nSPS) is 36.7. The highest BCUT2D eigenvalue weighted by Crippen LogP contribution is 2.34. The quantitative estimate of drug-likeness (QED) is 0.806. The van der Waals surface area contributed by atoms with Crippen LogP contribution in [0.2, 0.25) is 0 Å². The molecule has 1 heterocycles. The van der Waals surface area contributed by atoms with E-state index in [2.05, 4.69) is 18.7 Å². The van der Waals surface area contributed by atoms with Crippen LogP contribution in [-0.4, -0.2) is 40.6 Å². The number of likely N-dealkylation sites (tertiary alicyclic amines) is 1. The van der Waals surface area contributed by atoms with Crippen LogP contribution in [0.15, 0.2) is 0 Å². The maximum absolute atomic E-state index is 11.3. The molecule has 0 radical (unpaired) electrons. The second kappa shape index (κ2) is 5.41. The summed E-state index contributed by atoms with van der Waals surface area (Å²) in [5.41, 5.74) is 5.50. The number of nitrogens with zero attached hydrogens (tertiary/aromatic N) is 1. The summed E-state index contributed by atoms with van der Waals surface area (Å²) in [7, 11) is 0. The monoisotopic (exact) mass is 268 g/mol. The van der Waals surface area contributed by atoms with Gasteiger partial charge in [0.2, 0.25) is 0 Å². The molecule has 2 rings (SSSR count). The summed E-state index contributed by atoms with van der Waals surface area (Å²) in [6, 6.07) is 0.365. The van der Waals surface area contributed by atoms with Crippen molar-refractivity contribution in [3.8, 4) is 0 Å². The molecule has 2 aliphatic rings. The molecule has 3 N–H and O–H groups in total. The zero-order chi connectivity index (χ0) is 14.1. The molecule has 4 nitrogen and oxygen atoms in total. The Bertz CT molecular complexity index is 343. The van der Waals surface area contributed by atoms with E-state index in [0.717, 1.165) is 25.9 Å². The number of rotatable bonds is 2. The maximum Gasteiger partial charge on any atom is 0.323 e. The van der Waals surface area contributed by atoms with Crippen molar-refractivity contribution >= 4 is 5.97 Å². The number of carboxylic acids is 1. The Morgan fingerprint density at radius 3 is 2.63 bits per heavy atom. The van der Waals surface area contributed by atoms with Gasteiger partial charge < -0.3 is 15.7 Å². The summed E-state index contributed by atoms with van der Waals surface area (Å²) in [5.74, 6) is -0.827. The van der Waals surface area contributed by atoms with Gasteiger partial charge in [-0.2, -0.15) is 0 Å². The lowest BCUT2D eigenvalue weighted by molar-refractivity contribution is -0.145. The number of carbonyl (C=O) groups is 1. The Labute approximate surface area is 116 Å². The fourth-order valence-corrected chi connectivity index (χ4v) is 3.59. The molecule has 1 aliphatic heterocycles. The predicted molar refractivity (Wildman–Crippen MR) is 76.0 cm³/mol. The number of hydrogen-bond acceptors (Lipinski definition) is 3. The van der Waals surface area contributed by atoms with E-state index in [-0.39, 0.29) is 0 Å². The standard InChI is InChI=1S/C15H28N2O2/c1-14(2)6-4-9-17(10-8-14)12-5-3-7-15(16,11-12)13(18)19/h12H,3-11,16H2,1-2H3,(H,18,19). The Morgan fingerprint density at radius 2 is 1.95 bits per heavy atom. The summed E-state index contributed by atoms with van der Waals surface area (Å²) >= 11 is 0. The highest BCUT2D eigenvalue weighted by Gasteiger charge is 2.41. The van der Waals surface area contributed by atoms with Crippen molar-refractivity contribution in [1.29, 1.82) is 0 Å². The first-order valence-electron chi connectivity index (χ1n) is 7.59. The topological polar surface area (TPSA) is 66.6 Å². The number of carboxylic acid groups (broad SMARTS) is 1. The zero-order valence-corrected chi connectivity index (χ0v) is 12.3. The van der Waals surface area contributed by atoms with Gasteiger partial charge in [0.25, 0.3) is 0 Å². The predicted octanol–water partition coefficient (Wildman–Crippen LogP) is 2.22. The summed E-state index contributed by atoms with van der Waals surface area (Å²) in [6.45, 7) is 6.86. The molecule has 0 spiro atoms. The summed E-state index contributed by atoms with van der Waals surface area (Å²) < 4.78 is 0. The van der Waals surface area contributed by atoms with E-state index in [1.54, 1.807) is 0 Å². The van der Waals surface area contributed by atoms with E-state index in [0.29, 0.717) is 24.3 Å². The molecule has 1 aliphatic carbocycles. The van der Waals surface area contributed by atoms with Crippen molar-refractivity contribution in [2.24, 2.45) is 11.1 Å². The lowest BCUT2D eigenvalue weighted by Crippen LogP contribution is -2.55. The fourth-order valence-electron chi connectivity index (χ4n) is 3.59. The van der Waals surface area contributed by atoms with E-state index >= 15 is 0 Å². The van der Waals surface area contributed by atoms with Crippen molar-refractivity contribution < 1.29 is 9.90 Å². The Balaban J connectivity index is 2.00. The van der Waals surface area contributed by atoms with E-state index in [1.165, 1.54) is 19.3 Å². The van der Waals surface area contributed by atoms with E-state index < -0.39 is 11.5 Å². The van der Waals surface area contributed by atoms with E-state index in [1.807, 2.05) is 0 Å². The van der Waals surface area contributed by atoms with Crippen molar-refractivity contribution in [3.63, 3.8) is 0 Å². The number of nitrogens with two attached hydrogens (primary N) is 1. The first kappa shape index (κ1) is 14.8. The summed E-state index contributed by atoms with van der Waals surface area (Å²) in [6.07, 6.45) is 6.96. The SMILES string of the molecule is CC1(C)CCCN(C2CCCC(N)(C(=O)O)C2)CC1. The van der Waals surface area contributed by atoms with Gasteiger partial charge in [0.15, 0.2) is 0 Å². The largest absolute Gasteiger partial charge is 0.480 e. The molecule has 0 amide bonds. The van der Waals surface area contributed by atoms with Crippen LogP contribution in [0.4, 0.5) is 0 Å². The van der Waals surface area contributed by atoms with Crippen LogP contribution < -0.4 is 5.73 Å². The van der Waals surface area contributed by atoms with Gasteiger partial charge in [-0.05, 0) is 63.5 Å². The molecule has 0 aromatic rings. The van der Waals surface area contributed by atoms with Gasteiger partial charge in [0, 0.05) is 6.04 Å². The molecule has 19 heavy (non-hydrogen) atoms. The molecular weight excluding hydrogens is 240 g/mol. The highest BCUT2D eigenvalue weighted by molar-refractivity contribution is 5.78. The van der Waals surface area contributed by atoms with E-state index in [4.69, 9.17) is 5.73 Å². The smallest absolute Gasteiger partial charge is 0.323 e. The Morgan fingerprint density at radius 1 is 1.21 bits per heavy atom. The van der Waals surface area contributed by atoms with Gasteiger partial charge in [-0.1, -0.05) is 13.8 Å². The van der Waals surface area contributed by atoms with Crippen LogP contribution in [0.25, 0.3) is 0 Å². The molecule has 0 aromatic heterocycles. The van der Waals surface area contributed by atoms with Crippen LogP contribution in [0.5, 0.6) is 0 Å². The molecule has 110 valence electrons. The number of hydrogen-bond donors (Lipinski definition) is 2. The highest BCUT2D eigenvalue weighted by atomic mass is 16.4. The van der Waals surface area contributed by atoms with Gasteiger partial charge in [-0.3, -0.25) is 4.79 Å². The summed E-state index contributed by atoms with van der Waals surface area (Å²) in [5, 5.41) is 9.31. The van der Waals surface area contributed by atoms with Crippen LogP contribution in [-0.2, 0) is 4.79 Å². The van der Waals surface area contributed by atoms with Crippen molar-refractivity contribution in [1.82, 2.24) is 4.90 Å². The Kier molecular flexibility index (Phi) is 4.21. The van der Waals surface area contributed by atoms with Crippen molar-refractivity contribution in [2.45, 2.75) is 70.4 Å². The lowest BCUT2D eigenvalue weighted by Gasteiger charge is -2.40. The molecule has 2 fully saturated rings. The Hall–Kier alpha value is -0.610. The molecule has 1 saturated carbocycles. The van der Waals surface area contributed by atoms with Gasteiger partial charge in [-0.15, -0.1) is 0 Å². The molecule has 1 saturated heterocycles. The van der Waals surface area contributed by atoms with Crippen LogP contribution in [0, 0.1) is 5.41 Å². The molecule has 0 aromatic carbocycles. The zero-order valence-electron chi connectivity index (χ0n) is 12.3. The van der Waals surface area contributed by atoms with Crippen LogP contribution in [0.1, 0.15) is 58.8 Å². The molecule has 2 atom stereocenters. The van der Waals surface area contributed by atoms with Crippen LogP contribution in [0.3, 0.4) is 0 Å². The second-order valence-electron chi connectivity index (χ2n) is 7.27. The molecule has 2 unspecified atom stereocenters. The average molecular weight is 268 g/mol. The average Bonchev–Trinajstić information content (AvgIpc) is 2.50. The minimum atomic E-state index is -0.995. The van der Waals surface area contributed by atoms with Gasteiger partial charge in [0.1, 0.15) is 5.54 Å². The molecular formula is C15H28N2O2. The van der Waals surface area contributed by atoms with Crippen LogP contribution >= 0.6 is 0 Å². The number of aliphatic carboxylic acids is 1. The third-order valence-corrected chi connectivity index (χ3v) is 5.08. The second-order valence-corrected chi connectivity index (χ2v) is 7.27. The maximum atomic E-state index is 11.3. The van der Waals surface area contributed by atoms with Crippen molar-refractivity contribution in [2.75, 3.05) is 13.1 Å². The minimum Gasteiger partial charge on any atom is -0.480 e. The molecule has 4 heteroatoms.